The van der Waals surface area contributed by atoms with Crippen LogP contribution in [0.1, 0.15) is 0 Å². The molecule has 0 aromatic rings. The van der Waals surface area contributed by atoms with Crippen LogP contribution in [0.25, 0.3) is 0 Å². The van der Waals surface area contributed by atoms with Crippen LogP contribution in [0.3, 0.4) is 0 Å². The van der Waals surface area contributed by atoms with Gasteiger partial charge in [0.1, 0.15) is 0 Å². The van der Waals surface area contributed by atoms with Crippen molar-refractivity contribution >= 4 is 56.8 Å². The van der Waals surface area contributed by atoms with Crippen molar-refractivity contribution in [1.82, 2.24) is 0 Å². The van der Waals surface area contributed by atoms with Crippen LogP contribution in [0.15, 0.2) is 0 Å². The van der Waals surface area contributed by atoms with Gasteiger partial charge in [-0.1, -0.05) is 0 Å². The molecule has 0 unspecified atom stereocenters. The Morgan fingerprint density at radius 1 is 1.29 bits per heavy atom. The van der Waals surface area contributed by atoms with Crippen LogP contribution in [0.4, 0.5) is 0 Å². The monoisotopic (exact) mass is 152 g/mol. The van der Waals surface area contributed by atoms with Crippen molar-refractivity contribution in [2.24, 2.45) is 0 Å². The molecule has 0 aromatic carbocycles. The summed E-state index contributed by atoms with van der Waals surface area (Å²) in [6.07, 6.45) is 0. The SMILES string of the molecule is O=P(O)(O)O.[CH3][K]. The Labute approximate surface area is 75.8 Å². The molecule has 0 heterocycles. The first-order chi connectivity index (χ1) is 3.00. The van der Waals surface area contributed by atoms with E-state index < -0.39 is 7.82 Å². The molecule has 0 aliphatic rings. The van der Waals surface area contributed by atoms with Gasteiger partial charge in [0.25, 0.3) is 0 Å². The van der Waals surface area contributed by atoms with Gasteiger partial charge in [-0.3, -0.25) is 0 Å². The summed E-state index contributed by atoms with van der Waals surface area (Å²) < 4.78 is 11.1. The molecule has 0 radical (unpaired) electrons. The van der Waals surface area contributed by atoms with Crippen LogP contribution >= 0.6 is 7.82 Å². The van der Waals surface area contributed by atoms with E-state index in [0.29, 0.717) is 0 Å². The second-order valence-corrected chi connectivity index (χ2v) is 1.54. The Balaban J connectivity index is 0. The maximum absolute atomic E-state index is 8.88. The van der Waals surface area contributed by atoms with E-state index in [1.807, 2.05) is 0 Å². The Morgan fingerprint density at radius 3 is 1.29 bits per heavy atom. The third-order valence-electron chi connectivity index (χ3n) is 0. The van der Waals surface area contributed by atoms with E-state index in [1.54, 1.807) is 0 Å². The molecular weight excluding hydrogens is 146 g/mol. The molecule has 3 N–H and O–H groups in total. The third-order valence-corrected chi connectivity index (χ3v) is 0. The molecule has 0 fully saturated rings. The minimum atomic E-state index is -4.64. The number of hydrogen-bond acceptors (Lipinski definition) is 1. The van der Waals surface area contributed by atoms with Crippen molar-refractivity contribution in [2.45, 2.75) is 1.02 Å². The normalized spacial score (nSPS) is 9.43. The van der Waals surface area contributed by atoms with Gasteiger partial charge in [-0.05, 0) is 0 Å². The molecule has 6 heteroatoms. The zero-order chi connectivity index (χ0) is 6.50. The fourth-order valence-corrected chi connectivity index (χ4v) is 0. The summed E-state index contributed by atoms with van der Waals surface area (Å²) in [5.41, 5.74) is 0. The summed E-state index contributed by atoms with van der Waals surface area (Å²) >= 11 is 1.06. The van der Waals surface area contributed by atoms with Crippen molar-refractivity contribution in [3.8, 4) is 0 Å². The van der Waals surface area contributed by atoms with Crippen LogP contribution in [0.2, 0.25) is 1.02 Å². The quantitative estimate of drug-likeness (QED) is 0.316. The van der Waals surface area contributed by atoms with Gasteiger partial charge in [-0.15, -0.1) is 0 Å². The molecular formula is CH6KO4P. The van der Waals surface area contributed by atoms with Crippen molar-refractivity contribution in [1.29, 1.82) is 0 Å². The van der Waals surface area contributed by atoms with Gasteiger partial charge in [0.05, 0.1) is 0 Å². The third kappa shape index (κ3) is 83.9. The van der Waals surface area contributed by atoms with E-state index in [0.717, 1.165) is 49.0 Å². The van der Waals surface area contributed by atoms with Crippen molar-refractivity contribution in [3.63, 3.8) is 0 Å². The standard InChI is InChI=1S/CH3.K.H3O4P/c;;1-5(2,3)4/h1H3;;(H3,1,2,3,4). The Hall–Kier alpha value is 1.75. The fraction of sp³-hybridized carbons (Fsp3) is 1.00. The summed E-state index contributed by atoms with van der Waals surface area (Å²) in [6, 6.07) is 0. The summed E-state index contributed by atoms with van der Waals surface area (Å²) in [6.45, 7) is 0. The first-order valence-electron chi connectivity index (χ1n) is 1.78. The van der Waals surface area contributed by atoms with Crippen molar-refractivity contribution in [2.75, 3.05) is 0 Å². The fourth-order valence-electron chi connectivity index (χ4n) is 0. The summed E-state index contributed by atoms with van der Waals surface area (Å²) in [7, 11) is -4.64. The van der Waals surface area contributed by atoms with E-state index >= 15 is 0 Å². The van der Waals surface area contributed by atoms with Gasteiger partial charge in [0.15, 0.2) is 0 Å². The molecule has 0 amide bonds. The topological polar surface area (TPSA) is 77.8 Å². The average Bonchev–Trinajstić information content (AvgIpc) is 1.36. The molecule has 0 atom stereocenters. The predicted octanol–water partition coefficient (Wildman–Crippen LogP) is -0.726. The first kappa shape index (κ1) is 11.5. The van der Waals surface area contributed by atoms with Crippen LogP contribution in [-0.2, 0) is 4.57 Å². The molecule has 0 rings (SSSR count). The molecule has 0 saturated carbocycles. The van der Waals surface area contributed by atoms with Crippen molar-refractivity contribution in [3.05, 3.63) is 0 Å². The second kappa shape index (κ2) is 5.88. The Bertz CT molecular complexity index is 57.8. The Kier molecular flexibility index (Phi) is 9.68. The van der Waals surface area contributed by atoms with Gasteiger partial charge in [0.2, 0.25) is 0 Å². The number of hydrogen-bond donors (Lipinski definition) is 3. The summed E-state index contributed by atoms with van der Waals surface area (Å²) in [5.74, 6) is 0. The average molecular weight is 152 g/mol. The van der Waals surface area contributed by atoms with E-state index in [-0.39, 0.29) is 0 Å². The molecule has 0 aliphatic carbocycles. The molecule has 0 saturated heterocycles. The first-order valence-corrected chi connectivity index (χ1v) is 6.47. The van der Waals surface area contributed by atoms with Gasteiger partial charge in [0, 0.05) is 0 Å². The van der Waals surface area contributed by atoms with Crippen LogP contribution in [0, 0.1) is 0 Å². The van der Waals surface area contributed by atoms with Gasteiger partial charge < -0.3 is 14.7 Å². The number of rotatable bonds is 0. The van der Waals surface area contributed by atoms with E-state index in [2.05, 4.69) is 1.02 Å². The summed E-state index contributed by atoms with van der Waals surface area (Å²) in [4.78, 5) is 21.6. The number of phosphoric acid groups is 1. The Morgan fingerprint density at radius 2 is 1.29 bits per heavy atom. The molecule has 40 valence electrons. The van der Waals surface area contributed by atoms with Gasteiger partial charge in [-0.25, -0.2) is 4.57 Å². The second-order valence-electron chi connectivity index (χ2n) is 0.513. The zero-order valence-corrected chi connectivity index (χ0v) is 8.21. The molecule has 4 nitrogen and oxygen atoms in total. The summed E-state index contributed by atoms with van der Waals surface area (Å²) in [5, 5.41) is 0. The van der Waals surface area contributed by atoms with Crippen LogP contribution in [-0.4, -0.2) is 63.6 Å². The predicted molar refractivity (Wildman–Crippen MR) is 25.9 cm³/mol. The van der Waals surface area contributed by atoms with Crippen molar-refractivity contribution < 1.29 is 19.2 Å². The van der Waals surface area contributed by atoms with Crippen LogP contribution in [0.5, 0.6) is 0 Å². The van der Waals surface area contributed by atoms with Crippen LogP contribution < -0.4 is 0 Å². The molecule has 0 bridgehead atoms. The zero-order valence-electron chi connectivity index (χ0n) is 4.20. The van der Waals surface area contributed by atoms with E-state index in [1.165, 1.54) is 0 Å². The minimum absolute atomic E-state index is 1.06. The molecule has 0 aliphatic heterocycles. The molecule has 0 spiro atoms. The maximum atomic E-state index is 8.88. The van der Waals surface area contributed by atoms with E-state index in [9.17, 15) is 0 Å². The molecule has 7 heavy (non-hydrogen) atoms. The van der Waals surface area contributed by atoms with Gasteiger partial charge in [-0.2, -0.15) is 0 Å². The van der Waals surface area contributed by atoms with Gasteiger partial charge >= 0.3 is 57.8 Å². The van der Waals surface area contributed by atoms with E-state index in [4.69, 9.17) is 19.2 Å². The molecule has 0 aromatic heterocycles.